The van der Waals surface area contributed by atoms with Crippen molar-refractivity contribution in [2.45, 2.75) is 51.9 Å². The summed E-state index contributed by atoms with van der Waals surface area (Å²) >= 11 is 0. The summed E-state index contributed by atoms with van der Waals surface area (Å²) in [6.07, 6.45) is 0.0421. The van der Waals surface area contributed by atoms with Gasteiger partial charge < -0.3 is 15.8 Å². The van der Waals surface area contributed by atoms with Crippen molar-refractivity contribution in [2.75, 3.05) is 19.7 Å². The molecule has 1 aliphatic heterocycles. The van der Waals surface area contributed by atoms with E-state index in [4.69, 9.17) is 10.5 Å². The number of hydrogen-bond acceptors (Lipinski definition) is 4. The number of rotatable bonds is 4. The lowest BCUT2D eigenvalue weighted by atomic mass is 10.1. The van der Waals surface area contributed by atoms with E-state index in [2.05, 4.69) is 17.1 Å². The van der Waals surface area contributed by atoms with E-state index in [9.17, 15) is 4.79 Å². The summed E-state index contributed by atoms with van der Waals surface area (Å²) in [6.45, 7) is 9.82. The van der Waals surface area contributed by atoms with Gasteiger partial charge in [0.15, 0.2) is 0 Å². The molecule has 0 aromatic rings. The Hall–Kier alpha value is -0.650. The minimum absolute atomic E-state index is 0.0421. The lowest BCUT2D eigenvalue weighted by molar-refractivity contribution is -0.132. The van der Waals surface area contributed by atoms with Gasteiger partial charge in [0.2, 0.25) is 5.91 Å². The highest BCUT2D eigenvalue weighted by Crippen LogP contribution is 2.14. The van der Waals surface area contributed by atoms with E-state index in [-0.39, 0.29) is 30.1 Å². The normalized spacial score (nSPS) is 28.1. The fourth-order valence-electron chi connectivity index (χ4n) is 2.08. The van der Waals surface area contributed by atoms with Crippen molar-refractivity contribution in [3.63, 3.8) is 0 Å². The van der Waals surface area contributed by atoms with Crippen molar-refractivity contribution < 1.29 is 9.53 Å². The molecule has 3 unspecified atom stereocenters. The molecule has 3 N–H and O–H groups in total. The van der Waals surface area contributed by atoms with Gasteiger partial charge in [-0.25, -0.2) is 0 Å². The minimum Gasteiger partial charge on any atom is -0.374 e. The topological polar surface area (TPSA) is 67.6 Å². The van der Waals surface area contributed by atoms with Crippen LogP contribution in [-0.4, -0.2) is 54.7 Å². The van der Waals surface area contributed by atoms with Gasteiger partial charge in [-0.3, -0.25) is 9.69 Å². The molecule has 1 saturated heterocycles. The molecule has 0 aromatic carbocycles. The van der Waals surface area contributed by atoms with Gasteiger partial charge in [-0.2, -0.15) is 0 Å². The number of carbonyl (C=O) groups excluding carboxylic acids is 1. The Bertz CT molecular complexity index is 258. The first-order valence-electron chi connectivity index (χ1n) is 6.33. The third-order valence-corrected chi connectivity index (χ3v) is 3.12. The molecule has 0 aromatic heterocycles. The predicted molar refractivity (Wildman–Crippen MR) is 67.7 cm³/mol. The lowest BCUT2D eigenvalue weighted by Gasteiger charge is -2.40. The Kier molecular flexibility index (Phi) is 5.36. The molecule has 0 spiro atoms. The maximum absolute atomic E-state index is 12.0. The molecule has 3 atom stereocenters. The Balaban J connectivity index is 2.59. The van der Waals surface area contributed by atoms with Gasteiger partial charge in [-0.1, -0.05) is 0 Å². The zero-order valence-corrected chi connectivity index (χ0v) is 11.3. The second kappa shape index (κ2) is 6.33. The molecule has 1 rings (SSSR count). The number of ether oxygens (including phenoxy) is 1. The van der Waals surface area contributed by atoms with Gasteiger partial charge in [0, 0.05) is 25.2 Å². The van der Waals surface area contributed by atoms with Crippen molar-refractivity contribution in [3.05, 3.63) is 0 Å². The summed E-state index contributed by atoms with van der Waals surface area (Å²) < 4.78 is 5.58. The average Bonchev–Trinajstić information content (AvgIpc) is 2.28. The fourth-order valence-corrected chi connectivity index (χ4v) is 2.08. The van der Waals surface area contributed by atoms with E-state index >= 15 is 0 Å². The molecule has 0 radical (unpaired) electrons. The number of hydrogen-bond donors (Lipinski definition) is 2. The molecule has 0 saturated carbocycles. The van der Waals surface area contributed by atoms with Gasteiger partial charge in [0.05, 0.1) is 18.8 Å². The van der Waals surface area contributed by atoms with Crippen LogP contribution < -0.4 is 11.1 Å². The van der Waals surface area contributed by atoms with Crippen LogP contribution in [0.2, 0.25) is 0 Å². The van der Waals surface area contributed by atoms with Gasteiger partial charge in [0.25, 0.3) is 0 Å². The summed E-state index contributed by atoms with van der Waals surface area (Å²) in [5.74, 6) is 0.0736. The molecule has 17 heavy (non-hydrogen) atoms. The van der Waals surface area contributed by atoms with Crippen LogP contribution >= 0.6 is 0 Å². The third kappa shape index (κ3) is 3.94. The summed E-state index contributed by atoms with van der Waals surface area (Å²) in [7, 11) is 0. The maximum Gasteiger partial charge on any atom is 0.237 e. The van der Waals surface area contributed by atoms with Crippen molar-refractivity contribution in [1.82, 2.24) is 10.2 Å². The van der Waals surface area contributed by atoms with E-state index in [0.29, 0.717) is 13.2 Å². The van der Waals surface area contributed by atoms with Gasteiger partial charge in [-0.15, -0.1) is 0 Å². The average molecular weight is 243 g/mol. The van der Waals surface area contributed by atoms with Crippen molar-refractivity contribution in [2.24, 2.45) is 5.73 Å². The number of nitrogens with one attached hydrogen (secondary N) is 1. The Labute approximate surface area is 104 Å². The SMILES string of the molecule is CC(C)NC(=O)C(C)N1CC(CN)OCC1C. The fraction of sp³-hybridized carbons (Fsp3) is 0.917. The van der Waals surface area contributed by atoms with E-state index in [1.54, 1.807) is 0 Å². The third-order valence-electron chi connectivity index (χ3n) is 3.12. The summed E-state index contributed by atoms with van der Waals surface area (Å²) in [5.41, 5.74) is 5.62. The highest BCUT2D eigenvalue weighted by Gasteiger charge is 2.31. The second-order valence-corrected chi connectivity index (χ2v) is 5.08. The zero-order valence-electron chi connectivity index (χ0n) is 11.3. The minimum atomic E-state index is -0.134. The molecule has 100 valence electrons. The highest BCUT2D eigenvalue weighted by molar-refractivity contribution is 5.81. The number of amides is 1. The molecule has 1 aliphatic rings. The first-order valence-corrected chi connectivity index (χ1v) is 6.33. The predicted octanol–water partition coefficient (Wildman–Crippen LogP) is -0.0525. The van der Waals surface area contributed by atoms with Crippen LogP contribution in [0.3, 0.4) is 0 Å². The lowest BCUT2D eigenvalue weighted by Crippen LogP contribution is -2.58. The second-order valence-electron chi connectivity index (χ2n) is 5.08. The number of nitrogens with two attached hydrogens (primary N) is 1. The molecule has 1 heterocycles. The molecule has 0 bridgehead atoms. The first kappa shape index (κ1) is 14.4. The molecule has 0 aliphatic carbocycles. The van der Waals surface area contributed by atoms with E-state index in [1.807, 2.05) is 20.8 Å². The first-order chi connectivity index (χ1) is 7.95. The molecule has 5 heteroatoms. The Morgan fingerprint density at radius 3 is 2.71 bits per heavy atom. The van der Waals surface area contributed by atoms with Crippen LogP contribution in [0.25, 0.3) is 0 Å². The molecular formula is C12H25N3O2. The van der Waals surface area contributed by atoms with Crippen LogP contribution in [-0.2, 0) is 9.53 Å². The Morgan fingerprint density at radius 2 is 2.18 bits per heavy atom. The summed E-state index contributed by atoms with van der Waals surface area (Å²) in [5, 5.41) is 2.94. The monoisotopic (exact) mass is 243 g/mol. The van der Waals surface area contributed by atoms with Crippen molar-refractivity contribution >= 4 is 5.91 Å². The van der Waals surface area contributed by atoms with Gasteiger partial charge in [0.1, 0.15) is 0 Å². The highest BCUT2D eigenvalue weighted by atomic mass is 16.5. The Morgan fingerprint density at radius 1 is 1.53 bits per heavy atom. The standard InChI is InChI=1S/C12H25N3O2/c1-8(2)14-12(16)10(4)15-6-11(5-13)17-7-9(15)3/h8-11H,5-7,13H2,1-4H3,(H,14,16). The van der Waals surface area contributed by atoms with Crippen LogP contribution in [0.4, 0.5) is 0 Å². The van der Waals surface area contributed by atoms with Crippen LogP contribution in [0.1, 0.15) is 27.7 Å². The number of morpholine rings is 1. The molecule has 1 fully saturated rings. The quantitative estimate of drug-likeness (QED) is 0.726. The summed E-state index contributed by atoms with van der Waals surface area (Å²) in [6, 6.07) is 0.294. The van der Waals surface area contributed by atoms with E-state index < -0.39 is 0 Å². The van der Waals surface area contributed by atoms with E-state index in [0.717, 1.165) is 6.54 Å². The maximum atomic E-state index is 12.0. The van der Waals surface area contributed by atoms with Gasteiger partial charge >= 0.3 is 0 Å². The number of carbonyl (C=O) groups is 1. The largest absolute Gasteiger partial charge is 0.374 e. The van der Waals surface area contributed by atoms with Crippen LogP contribution in [0.5, 0.6) is 0 Å². The van der Waals surface area contributed by atoms with Crippen LogP contribution in [0, 0.1) is 0 Å². The van der Waals surface area contributed by atoms with Gasteiger partial charge in [-0.05, 0) is 27.7 Å². The smallest absolute Gasteiger partial charge is 0.237 e. The van der Waals surface area contributed by atoms with Crippen molar-refractivity contribution in [3.8, 4) is 0 Å². The number of nitrogens with zero attached hydrogens (tertiary/aromatic N) is 1. The van der Waals surface area contributed by atoms with E-state index in [1.165, 1.54) is 0 Å². The molecule has 5 nitrogen and oxygen atoms in total. The molecule has 1 amide bonds. The zero-order chi connectivity index (χ0) is 13.0. The van der Waals surface area contributed by atoms with Crippen LogP contribution in [0.15, 0.2) is 0 Å². The molecular weight excluding hydrogens is 218 g/mol. The van der Waals surface area contributed by atoms with Crippen molar-refractivity contribution in [1.29, 1.82) is 0 Å². The summed E-state index contributed by atoms with van der Waals surface area (Å²) in [4.78, 5) is 14.1.